The number of hydrogen-bond donors (Lipinski definition) is 1. The van der Waals surface area contributed by atoms with Gasteiger partial charge in [-0.2, -0.15) is 0 Å². The highest BCUT2D eigenvalue weighted by Crippen LogP contribution is 2.16. The van der Waals surface area contributed by atoms with Gasteiger partial charge in [0.25, 0.3) is 5.91 Å². The standard InChI is InChI=1S/C13H19N3O2/c1-2-18-11-5-7-16(8-6-11)13(17)10-3-4-12(14)15-9-10/h3-4,9,11H,2,5-8H2,1H3,(H2,14,15). The van der Waals surface area contributed by atoms with Gasteiger partial charge in [-0.15, -0.1) is 0 Å². The topological polar surface area (TPSA) is 68.5 Å². The van der Waals surface area contributed by atoms with Gasteiger partial charge in [0.2, 0.25) is 0 Å². The first-order valence-corrected chi connectivity index (χ1v) is 6.33. The van der Waals surface area contributed by atoms with Crippen LogP contribution in [-0.4, -0.2) is 41.6 Å². The second-order valence-corrected chi connectivity index (χ2v) is 4.42. The Morgan fingerprint density at radius 3 is 2.78 bits per heavy atom. The summed E-state index contributed by atoms with van der Waals surface area (Å²) in [6.45, 7) is 4.22. The number of nitrogen functional groups attached to an aromatic ring is 1. The quantitative estimate of drug-likeness (QED) is 0.876. The van der Waals surface area contributed by atoms with E-state index in [9.17, 15) is 4.79 Å². The summed E-state index contributed by atoms with van der Waals surface area (Å²) in [6, 6.07) is 3.37. The molecule has 1 amide bonds. The first kappa shape index (κ1) is 12.8. The molecule has 5 heteroatoms. The predicted molar refractivity (Wildman–Crippen MR) is 69.2 cm³/mol. The molecule has 0 spiro atoms. The van der Waals surface area contributed by atoms with E-state index in [0.29, 0.717) is 17.5 Å². The highest BCUT2D eigenvalue weighted by atomic mass is 16.5. The van der Waals surface area contributed by atoms with Crippen LogP contribution < -0.4 is 5.73 Å². The molecule has 0 bridgehead atoms. The molecule has 1 aliphatic heterocycles. The zero-order valence-electron chi connectivity index (χ0n) is 10.6. The van der Waals surface area contributed by atoms with Gasteiger partial charge in [-0.1, -0.05) is 0 Å². The van der Waals surface area contributed by atoms with Gasteiger partial charge in [0.1, 0.15) is 5.82 Å². The number of likely N-dealkylation sites (tertiary alicyclic amines) is 1. The van der Waals surface area contributed by atoms with E-state index in [1.165, 1.54) is 6.20 Å². The molecule has 2 heterocycles. The van der Waals surface area contributed by atoms with Crippen molar-refractivity contribution in [1.82, 2.24) is 9.88 Å². The SMILES string of the molecule is CCOC1CCN(C(=O)c2ccc(N)nc2)CC1. The summed E-state index contributed by atoms with van der Waals surface area (Å²) in [4.78, 5) is 18.0. The van der Waals surface area contributed by atoms with Crippen LogP contribution in [-0.2, 0) is 4.74 Å². The van der Waals surface area contributed by atoms with Crippen LogP contribution in [0.25, 0.3) is 0 Å². The summed E-state index contributed by atoms with van der Waals surface area (Å²) in [5.41, 5.74) is 6.10. The third-order valence-electron chi connectivity index (χ3n) is 3.16. The second-order valence-electron chi connectivity index (χ2n) is 4.42. The average Bonchev–Trinajstić information content (AvgIpc) is 2.40. The highest BCUT2D eigenvalue weighted by molar-refractivity contribution is 5.94. The lowest BCUT2D eigenvalue weighted by atomic mass is 10.1. The highest BCUT2D eigenvalue weighted by Gasteiger charge is 2.23. The van der Waals surface area contributed by atoms with Crippen molar-refractivity contribution in [2.75, 3.05) is 25.4 Å². The van der Waals surface area contributed by atoms with Crippen molar-refractivity contribution in [2.24, 2.45) is 0 Å². The van der Waals surface area contributed by atoms with E-state index in [2.05, 4.69) is 4.98 Å². The molecule has 0 unspecified atom stereocenters. The van der Waals surface area contributed by atoms with Crippen LogP contribution in [0.3, 0.4) is 0 Å². The van der Waals surface area contributed by atoms with Gasteiger partial charge in [-0.05, 0) is 31.9 Å². The fourth-order valence-electron chi connectivity index (χ4n) is 2.18. The Morgan fingerprint density at radius 2 is 2.22 bits per heavy atom. The molecule has 5 nitrogen and oxygen atoms in total. The van der Waals surface area contributed by atoms with E-state index in [0.717, 1.165) is 32.5 Å². The van der Waals surface area contributed by atoms with Crippen molar-refractivity contribution in [3.05, 3.63) is 23.9 Å². The number of hydrogen-bond acceptors (Lipinski definition) is 4. The van der Waals surface area contributed by atoms with Crippen LogP contribution in [0.1, 0.15) is 30.1 Å². The third kappa shape index (κ3) is 2.98. The molecule has 2 rings (SSSR count). The molecule has 1 saturated heterocycles. The predicted octanol–water partition coefficient (Wildman–Crippen LogP) is 1.30. The van der Waals surface area contributed by atoms with Crippen molar-refractivity contribution in [3.8, 4) is 0 Å². The first-order valence-electron chi connectivity index (χ1n) is 6.33. The van der Waals surface area contributed by atoms with Crippen molar-refractivity contribution in [3.63, 3.8) is 0 Å². The van der Waals surface area contributed by atoms with E-state index in [-0.39, 0.29) is 5.91 Å². The minimum atomic E-state index is 0.0254. The zero-order chi connectivity index (χ0) is 13.0. The molecule has 98 valence electrons. The van der Waals surface area contributed by atoms with Gasteiger partial charge in [0, 0.05) is 25.9 Å². The fourth-order valence-corrected chi connectivity index (χ4v) is 2.18. The van der Waals surface area contributed by atoms with E-state index in [1.807, 2.05) is 11.8 Å². The number of anilines is 1. The number of carbonyl (C=O) groups excluding carboxylic acids is 1. The van der Waals surface area contributed by atoms with Gasteiger partial charge < -0.3 is 15.4 Å². The molecule has 18 heavy (non-hydrogen) atoms. The summed E-state index contributed by atoms with van der Waals surface area (Å²) < 4.78 is 5.57. The molecule has 1 aromatic heterocycles. The zero-order valence-corrected chi connectivity index (χ0v) is 10.6. The molecule has 0 radical (unpaired) electrons. The number of aromatic nitrogens is 1. The van der Waals surface area contributed by atoms with E-state index in [1.54, 1.807) is 12.1 Å². The minimum absolute atomic E-state index is 0.0254. The first-order chi connectivity index (χ1) is 8.70. The molecule has 0 saturated carbocycles. The maximum Gasteiger partial charge on any atom is 0.255 e. The molecule has 1 aliphatic rings. The number of rotatable bonds is 3. The number of pyridine rings is 1. The number of piperidine rings is 1. The molecule has 1 aromatic rings. The number of nitrogens with two attached hydrogens (primary N) is 1. The molecule has 1 fully saturated rings. The maximum atomic E-state index is 12.2. The van der Waals surface area contributed by atoms with Gasteiger partial charge in [-0.3, -0.25) is 4.79 Å². The Kier molecular flexibility index (Phi) is 4.15. The van der Waals surface area contributed by atoms with Gasteiger partial charge in [0.15, 0.2) is 0 Å². The van der Waals surface area contributed by atoms with Crippen LogP contribution in [0, 0.1) is 0 Å². The Morgan fingerprint density at radius 1 is 1.50 bits per heavy atom. The number of nitrogens with zero attached hydrogens (tertiary/aromatic N) is 2. The molecular formula is C13H19N3O2. The van der Waals surface area contributed by atoms with Gasteiger partial charge in [0.05, 0.1) is 11.7 Å². The molecule has 0 aliphatic carbocycles. The molecule has 0 aromatic carbocycles. The average molecular weight is 249 g/mol. The maximum absolute atomic E-state index is 12.2. The van der Waals surface area contributed by atoms with Crippen LogP contribution >= 0.6 is 0 Å². The summed E-state index contributed by atoms with van der Waals surface area (Å²) in [5.74, 6) is 0.457. The minimum Gasteiger partial charge on any atom is -0.384 e. The van der Waals surface area contributed by atoms with Crippen molar-refractivity contribution in [2.45, 2.75) is 25.9 Å². The summed E-state index contributed by atoms with van der Waals surface area (Å²) in [6.07, 6.45) is 3.64. The van der Waals surface area contributed by atoms with E-state index < -0.39 is 0 Å². The second kappa shape index (κ2) is 5.82. The Labute approximate surface area is 107 Å². The smallest absolute Gasteiger partial charge is 0.255 e. The summed E-state index contributed by atoms with van der Waals surface area (Å²) >= 11 is 0. The number of ether oxygens (including phenoxy) is 1. The Hall–Kier alpha value is -1.62. The van der Waals surface area contributed by atoms with Crippen LogP contribution in [0.4, 0.5) is 5.82 Å². The van der Waals surface area contributed by atoms with Gasteiger partial charge >= 0.3 is 0 Å². The normalized spacial score (nSPS) is 16.8. The van der Waals surface area contributed by atoms with E-state index >= 15 is 0 Å². The lowest BCUT2D eigenvalue weighted by Gasteiger charge is -2.31. The lowest BCUT2D eigenvalue weighted by Crippen LogP contribution is -2.40. The largest absolute Gasteiger partial charge is 0.384 e. The van der Waals surface area contributed by atoms with Crippen LogP contribution in [0.2, 0.25) is 0 Å². The van der Waals surface area contributed by atoms with Crippen molar-refractivity contribution >= 4 is 11.7 Å². The third-order valence-corrected chi connectivity index (χ3v) is 3.16. The number of amides is 1. The van der Waals surface area contributed by atoms with E-state index in [4.69, 9.17) is 10.5 Å². The monoisotopic (exact) mass is 249 g/mol. The van der Waals surface area contributed by atoms with Crippen LogP contribution in [0.5, 0.6) is 0 Å². The Bertz CT molecular complexity index is 397. The fraction of sp³-hybridized carbons (Fsp3) is 0.538. The lowest BCUT2D eigenvalue weighted by molar-refractivity contribution is 0.0146. The number of carbonyl (C=O) groups is 1. The van der Waals surface area contributed by atoms with Crippen LogP contribution in [0.15, 0.2) is 18.3 Å². The summed E-state index contributed by atoms with van der Waals surface area (Å²) in [5, 5.41) is 0. The van der Waals surface area contributed by atoms with Crippen molar-refractivity contribution < 1.29 is 9.53 Å². The molecule has 2 N–H and O–H groups in total. The molecule has 0 atom stereocenters. The summed E-state index contributed by atoms with van der Waals surface area (Å²) in [7, 11) is 0. The van der Waals surface area contributed by atoms with Gasteiger partial charge in [-0.25, -0.2) is 4.98 Å². The van der Waals surface area contributed by atoms with Crippen molar-refractivity contribution in [1.29, 1.82) is 0 Å². The Balaban J connectivity index is 1.93. The molecular weight excluding hydrogens is 230 g/mol.